The van der Waals surface area contributed by atoms with Gasteiger partial charge < -0.3 is 29.7 Å². The van der Waals surface area contributed by atoms with Crippen molar-refractivity contribution in [3.05, 3.63) is 36.4 Å². The standard InChI is InChI=1S/C28H37N3O6/c1-3-36-17-7-16-31-24(26(33)30-18-8-5-4-6-9-18)28-15-14-21(37-28)22(23(28)27(31)34)25(32)29-19-10-12-20(35-2)13-11-19/h10-15,18,21-24H,3-9,16-17H2,1-2H3,(H,29,32)(H,30,33)/t21-,22+,23-,24+,28+/m1/s1. The minimum absolute atomic E-state index is 0.105. The van der Waals surface area contributed by atoms with Gasteiger partial charge in [0.25, 0.3) is 0 Å². The van der Waals surface area contributed by atoms with Crippen molar-refractivity contribution in [2.24, 2.45) is 11.8 Å². The Kier molecular flexibility index (Phi) is 7.53. The number of nitrogens with one attached hydrogen (secondary N) is 2. The van der Waals surface area contributed by atoms with Crippen molar-refractivity contribution < 1.29 is 28.6 Å². The molecule has 9 nitrogen and oxygen atoms in total. The third-order valence-corrected chi connectivity index (χ3v) is 8.13. The van der Waals surface area contributed by atoms with Crippen LogP contribution in [-0.4, -0.2) is 73.3 Å². The van der Waals surface area contributed by atoms with Gasteiger partial charge in [0.1, 0.15) is 17.4 Å². The molecule has 2 bridgehead atoms. The van der Waals surface area contributed by atoms with E-state index in [1.165, 1.54) is 6.42 Å². The summed E-state index contributed by atoms with van der Waals surface area (Å²) in [6, 6.07) is 6.34. The monoisotopic (exact) mass is 511 g/mol. The van der Waals surface area contributed by atoms with Crippen molar-refractivity contribution in [2.45, 2.75) is 69.2 Å². The van der Waals surface area contributed by atoms with E-state index in [0.29, 0.717) is 37.6 Å². The maximum absolute atomic E-state index is 13.9. The molecule has 200 valence electrons. The van der Waals surface area contributed by atoms with Gasteiger partial charge in [-0.15, -0.1) is 0 Å². The van der Waals surface area contributed by atoms with Gasteiger partial charge >= 0.3 is 0 Å². The number of methoxy groups -OCH3 is 1. The molecule has 1 aromatic carbocycles. The fraction of sp³-hybridized carbons (Fsp3) is 0.607. The van der Waals surface area contributed by atoms with Gasteiger partial charge in [-0.05, 0) is 50.5 Å². The molecule has 3 amide bonds. The van der Waals surface area contributed by atoms with Crippen molar-refractivity contribution in [1.82, 2.24) is 10.2 Å². The van der Waals surface area contributed by atoms with Crippen molar-refractivity contribution >= 4 is 23.4 Å². The number of carbonyl (C=O) groups is 3. The Balaban J connectivity index is 1.39. The summed E-state index contributed by atoms with van der Waals surface area (Å²) in [5, 5.41) is 6.14. The first-order chi connectivity index (χ1) is 18.0. The summed E-state index contributed by atoms with van der Waals surface area (Å²) in [7, 11) is 1.58. The molecule has 1 spiro atoms. The quantitative estimate of drug-likeness (QED) is 0.370. The predicted molar refractivity (Wildman–Crippen MR) is 137 cm³/mol. The van der Waals surface area contributed by atoms with Crippen LogP contribution in [0.1, 0.15) is 45.4 Å². The van der Waals surface area contributed by atoms with E-state index in [2.05, 4.69) is 10.6 Å². The Morgan fingerprint density at radius 1 is 1.14 bits per heavy atom. The molecule has 0 unspecified atom stereocenters. The lowest BCUT2D eigenvalue weighted by molar-refractivity contribution is -0.141. The summed E-state index contributed by atoms with van der Waals surface area (Å²) in [4.78, 5) is 42.8. The molecule has 37 heavy (non-hydrogen) atoms. The van der Waals surface area contributed by atoms with Crippen LogP contribution in [0, 0.1) is 11.8 Å². The molecule has 4 aliphatic rings. The zero-order chi connectivity index (χ0) is 26.0. The van der Waals surface area contributed by atoms with Gasteiger partial charge in [-0.1, -0.05) is 31.4 Å². The largest absolute Gasteiger partial charge is 0.497 e. The van der Waals surface area contributed by atoms with E-state index in [4.69, 9.17) is 14.2 Å². The Bertz CT molecular complexity index is 1040. The van der Waals surface area contributed by atoms with Crippen LogP contribution < -0.4 is 15.4 Å². The van der Waals surface area contributed by atoms with Gasteiger partial charge in [0, 0.05) is 31.5 Å². The molecule has 0 radical (unpaired) electrons. The predicted octanol–water partition coefficient (Wildman–Crippen LogP) is 2.66. The molecule has 3 aliphatic heterocycles. The van der Waals surface area contributed by atoms with E-state index in [0.717, 1.165) is 25.7 Å². The van der Waals surface area contributed by atoms with Crippen molar-refractivity contribution in [3.63, 3.8) is 0 Å². The number of likely N-dealkylation sites (tertiary alicyclic amines) is 1. The van der Waals surface area contributed by atoms with Gasteiger partial charge in [0.15, 0.2) is 0 Å². The highest BCUT2D eigenvalue weighted by Gasteiger charge is 2.72. The normalized spacial score (nSPS) is 30.4. The van der Waals surface area contributed by atoms with Crippen LogP contribution in [0.2, 0.25) is 0 Å². The van der Waals surface area contributed by atoms with E-state index in [1.807, 2.05) is 19.1 Å². The maximum atomic E-state index is 13.9. The van der Waals surface area contributed by atoms with Gasteiger partial charge in [0.05, 0.1) is 25.0 Å². The molecular weight excluding hydrogens is 474 g/mol. The number of hydrogen-bond donors (Lipinski definition) is 2. The highest BCUT2D eigenvalue weighted by atomic mass is 16.5. The number of amides is 3. The van der Waals surface area contributed by atoms with Crippen LogP contribution in [0.25, 0.3) is 0 Å². The lowest BCUT2D eigenvalue weighted by Gasteiger charge is -2.34. The number of ether oxygens (including phenoxy) is 3. The maximum Gasteiger partial charge on any atom is 0.246 e. The summed E-state index contributed by atoms with van der Waals surface area (Å²) in [6.45, 7) is 3.38. The topological polar surface area (TPSA) is 106 Å². The van der Waals surface area contributed by atoms with Crippen molar-refractivity contribution in [3.8, 4) is 5.75 Å². The molecule has 5 rings (SSSR count). The van der Waals surface area contributed by atoms with E-state index < -0.39 is 29.6 Å². The van der Waals surface area contributed by atoms with Crippen LogP contribution in [0.3, 0.4) is 0 Å². The molecule has 1 aliphatic carbocycles. The van der Waals surface area contributed by atoms with E-state index in [9.17, 15) is 14.4 Å². The zero-order valence-electron chi connectivity index (χ0n) is 21.6. The first kappa shape index (κ1) is 25.7. The van der Waals surface area contributed by atoms with Gasteiger partial charge in [0.2, 0.25) is 17.7 Å². The molecule has 3 fully saturated rings. The Labute approximate surface area is 217 Å². The number of nitrogens with zero attached hydrogens (tertiary/aromatic N) is 1. The van der Waals surface area contributed by atoms with Gasteiger partial charge in [-0.3, -0.25) is 14.4 Å². The van der Waals surface area contributed by atoms with Crippen LogP contribution in [-0.2, 0) is 23.9 Å². The number of fused-ring (bicyclic) bond motifs is 1. The molecule has 1 aromatic rings. The molecular formula is C28H37N3O6. The van der Waals surface area contributed by atoms with Crippen LogP contribution in [0.5, 0.6) is 5.75 Å². The smallest absolute Gasteiger partial charge is 0.246 e. The van der Waals surface area contributed by atoms with Gasteiger partial charge in [-0.2, -0.15) is 0 Å². The minimum Gasteiger partial charge on any atom is -0.497 e. The summed E-state index contributed by atoms with van der Waals surface area (Å²) in [5.74, 6) is -1.48. The number of anilines is 1. The van der Waals surface area contributed by atoms with E-state index >= 15 is 0 Å². The average molecular weight is 512 g/mol. The highest BCUT2D eigenvalue weighted by molar-refractivity contribution is 6.02. The molecule has 0 aromatic heterocycles. The van der Waals surface area contributed by atoms with Crippen molar-refractivity contribution in [1.29, 1.82) is 0 Å². The third-order valence-electron chi connectivity index (χ3n) is 8.13. The lowest BCUT2D eigenvalue weighted by atomic mass is 9.74. The Hall–Kier alpha value is -2.91. The second-order valence-electron chi connectivity index (χ2n) is 10.3. The molecule has 2 saturated heterocycles. The fourth-order valence-electron chi connectivity index (χ4n) is 6.42. The fourth-order valence-corrected chi connectivity index (χ4v) is 6.42. The second kappa shape index (κ2) is 10.8. The number of carbonyl (C=O) groups excluding carboxylic acids is 3. The van der Waals surface area contributed by atoms with Crippen molar-refractivity contribution in [2.75, 3.05) is 32.2 Å². The van der Waals surface area contributed by atoms with Crippen LogP contribution in [0.4, 0.5) is 5.69 Å². The lowest BCUT2D eigenvalue weighted by Crippen LogP contribution is -2.56. The Morgan fingerprint density at radius 3 is 2.59 bits per heavy atom. The summed E-state index contributed by atoms with van der Waals surface area (Å²) < 4.78 is 17.1. The average Bonchev–Trinajstić information content (AvgIpc) is 3.55. The zero-order valence-corrected chi connectivity index (χ0v) is 21.6. The highest BCUT2D eigenvalue weighted by Crippen LogP contribution is 2.55. The molecule has 9 heteroatoms. The summed E-state index contributed by atoms with van der Waals surface area (Å²) in [6.07, 6.45) is 8.99. The Morgan fingerprint density at radius 2 is 1.89 bits per heavy atom. The second-order valence-corrected chi connectivity index (χ2v) is 10.3. The molecule has 5 atom stereocenters. The molecule has 3 heterocycles. The summed E-state index contributed by atoms with van der Waals surface area (Å²) >= 11 is 0. The number of rotatable bonds is 10. The first-order valence-electron chi connectivity index (χ1n) is 13.5. The summed E-state index contributed by atoms with van der Waals surface area (Å²) in [5.41, 5.74) is -0.536. The van der Waals surface area contributed by atoms with Crippen LogP contribution in [0.15, 0.2) is 36.4 Å². The van der Waals surface area contributed by atoms with E-state index in [1.54, 1.807) is 36.3 Å². The van der Waals surface area contributed by atoms with Gasteiger partial charge in [-0.25, -0.2) is 0 Å². The third kappa shape index (κ3) is 4.75. The van der Waals surface area contributed by atoms with Crippen LogP contribution >= 0.6 is 0 Å². The number of benzene rings is 1. The molecule has 2 N–H and O–H groups in total. The number of hydrogen-bond acceptors (Lipinski definition) is 6. The minimum atomic E-state index is -1.14. The SMILES string of the molecule is CCOCCCN1C(=O)[C@H]2[C@@H](C(=O)Nc3ccc(OC)cc3)[C@H]3C=C[C@@]2(O3)[C@@H]1C(=O)NC1CCCCC1. The van der Waals surface area contributed by atoms with E-state index in [-0.39, 0.29) is 23.8 Å². The molecule has 1 saturated carbocycles. The first-order valence-corrected chi connectivity index (χ1v) is 13.5.